The van der Waals surface area contributed by atoms with Crippen LogP contribution < -0.4 is 21.3 Å². The molecule has 0 aliphatic heterocycles. The van der Waals surface area contributed by atoms with Gasteiger partial charge in [-0.15, -0.1) is 0 Å². The molecule has 0 amide bonds. The zero-order valence-electron chi connectivity index (χ0n) is 10.2. The predicted octanol–water partition coefficient (Wildman–Crippen LogP) is 1.39. The lowest BCUT2D eigenvalue weighted by atomic mass is 10.3. The van der Waals surface area contributed by atoms with Crippen LogP contribution in [-0.4, -0.2) is 17.1 Å². The number of hydrazine groups is 1. The summed E-state index contributed by atoms with van der Waals surface area (Å²) < 4.78 is 5.22. The van der Waals surface area contributed by atoms with Gasteiger partial charge >= 0.3 is 0 Å². The highest BCUT2D eigenvalue weighted by molar-refractivity contribution is 5.65. The molecule has 1 aromatic heterocycles. The van der Waals surface area contributed by atoms with Crippen LogP contribution in [0.4, 0.5) is 17.5 Å². The molecule has 2 rings (SSSR count). The van der Waals surface area contributed by atoms with Crippen LogP contribution >= 0.6 is 0 Å². The van der Waals surface area contributed by atoms with E-state index in [9.17, 15) is 0 Å². The summed E-state index contributed by atoms with van der Waals surface area (Å²) in [6.45, 7) is 0. The molecule has 0 aliphatic carbocycles. The number of nitrogens with two attached hydrogens (primary N) is 1. The Labute approximate surface area is 110 Å². The van der Waals surface area contributed by atoms with Crippen molar-refractivity contribution in [3.63, 3.8) is 0 Å². The smallest absolute Gasteiger partial charge is 0.240 e. The van der Waals surface area contributed by atoms with E-state index in [1.807, 2.05) is 30.3 Å². The molecule has 4 N–H and O–H groups in total. The molecule has 0 spiro atoms. The first-order valence-electron chi connectivity index (χ1n) is 5.42. The van der Waals surface area contributed by atoms with E-state index >= 15 is 0 Å². The third-order valence-electron chi connectivity index (χ3n) is 2.34. The molecule has 2 aromatic rings. The number of rotatable bonds is 4. The summed E-state index contributed by atoms with van der Waals surface area (Å²) in [5, 5.41) is 11.9. The number of nitrogen functional groups attached to an aromatic ring is 1. The van der Waals surface area contributed by atoms with Gasteiger partial charge in [-0.3, -0.25) is 5.43 Å². The summed E-state index contributed by atoms with van der Waals surface area (Å²) in [5.74, 6) is 6.53. The summed E-state index contributed by atoms with van der Waals surface area (Å²) >= 11 is 0. The largest absolute Gasteiger partial charge is 0.495 e. The van der Waals surface area contributed by atoms with Crippen LogP contribution in [0.2, 0.25) is 0 Å². The summed E-state index contributed by atoms with van der Waals surface area (Å²) in [4.78, 5) is 7.98. The molecule has 0 saturated heterocycles. The number of methoxy groups -OCH3 is 1. The van der Waals surface area contributed by atoms with Crippen LogP contribution in [0, 0.1) is 11.3 Å². The van der Waals surface area contributed by atoms with Crippen molar-refractivity contribution in [3.05, 3.63) is 36.0 Å². The number of nitriles is 1. The number of ether oxygens (including phenoxy) is 1. The second-order valence-corrected chi connectivity index (χ2v) is 3.54. The number of para-hydroxylation sites is 2. The van der Waals surface area contributed by atoms with Gasteiger partial charge in [-0.05, 0) is 12.1 Å². The summed E-state index contributed by atoms with van der Waals surface area (Å²) in [6.07, 6.45) is 0. The molecule has 0 atom stereocenters. The third kappa shape index (κ3) is 2.88. The van der Waals surface area contributed by atoms with Gasteiger partial charge in [-0.25, -0.2) is 10.8 Å². The quantitative estimate of drug-likeness (QED) is 0.560. The van der Waals surface area contributed by atoms with Gasteiger partial charge in [0.1, 0.15) is 23.3 Å². The highest BCUT2D eigenvalue weighted by Crippen LogP contribution is 2.26. The summed E-state index contributed by atoms with van der Waals surface area (Å²) in [5.41, 5.74) is 3.25. The molecule has 1 aromatic carbocycles. The number of nitrogens with zero attached hydrogens (tertiary/aromatic N) is 3. The van der Waals surface area contributed by atoms with Crippen LogP contribution in [0.3, 0.4) is 0 Å². The molecule has 7 heteroatoms. The van der Waals surface area contributed by atoms with E-state index in [0.29, 0.717) is 11.6 Å². The fourth-order valence-corrected chi connectivity index (χ4v) is 1.52. The average Bonchev–Trinajstić information content (AvgIpc) is 2.47. The number of anilines is 3. The zero-order valence-corrected chi connectivity index (χ0v) is 10.2. The van der Waals surface area contributed by atoms with Gasteiger partial charge in [-0.1, -0.05) is 12.1 Å². The van der Waals surface area contributed by atoms with Gasteiger partial charge in [0.15, 0.2) is 0 Å². The maximum absolute atomic E-state index is 8.89. The highest BCUT2D eigenvalue weighted by Gasteiger charge is 2.06. The molecule has 7 nitrogen and oxygen atoms in total. The Morgan fingerprint density at radius 3 is 2.79 bits per heavy atom. The Bertz CT molecular complexity index is 622. The molecule has 0 fully saturated rings. The van der Waals surface area contributed by atoms with Crippen LogP contribution in [0.25, 0.3) is 0 Å². The van der Waals surface area contributed by atoms with Crippen molar-refractivity contribution in [2.24, 2.45) is 5.84 Å². The van der Waals surface area contributed by atoms with Crippen molar-refractivity contribution >= 4 is 17.5 Å². The van der Waals surface area contributed by atoms with Gasteiger partial charge < -0.3 is 10.1 Å². The molecular formula is C12H12N6O. The van der Waals surface area contributed by atoms with Crippen LogP contribution in [0.1, 0.15) is 5.69 Å². The van der Waals surface area contributed by atoms with Crippen LogP contribution in [-0.2, 0) is 0 Å². The number of aromatic nitrogens is 2. The van der Waals surface area contributed by atoms with E-state index in [4.69, 9.17) is 15.8 Å². The van der Waals surface area contributed by atoms with Crippen molar-refractivity contribution in [2.45, 2.75) is 0 Å². The Balaban J connectivity index is 2.35. The Hall–Kier alpha value is -2.85. The lowest BCUT2D eigenvalue weighted by Crippen LogP contribution is -2.12. The van der Waals surface area contributed by atoms with Crippen molar-refractivity contribution in [1.29, 1.82) is 5.26 Å². The van der Waals surface area contributed by atoms with E-state index in [-0.39, 0.29) is 11.6 Å². The van der Waals surface area contributed by atoms with Crippen molar-refractivity contribution in [2.75, 3.05) is 17.9 Å². The van der Waals surface area contributed by atoms with E-state index in [1.54, 1.807) is 7.11 Å². The van der Waals surface area contributed by atoms with E-state index in [2.05, 4.69) is 20.7 Å². The monoisotopic (exact) mass is 256 g/mol. The number of hydrogen-bond acceptors (Lipinski definition) is 7. The Kier molecular flexibility index (Phi) is 3.75. The summed E-state index contributed by atoms with van der Waals surface area (Å²) in [7, 11) is 1.58. The normalized spacial score (nSPS) is 9.53. The fourth-order valence-electron chi connectivity index (χ4n) is 1.52. The Morgan fingerprint density at radius 2 is 2.11 bits per heavy atom. The maximum Gasteiger partial charge on any atom is 0.240 e. The van der Waals surface area contributed by atoms with E-state index in [1.165, 1.54) is 6.07 Å². The highest BCUT2D eigenvalue weighted by atomic mass is 16.5. The molecule has 0 aliphatic rings. The lowest BCUT2D eigenvalue weighted by molar-refractivity contribution is 0.417. The Morgan fingerprint density at radius 1 is 1.32 bits per heavy atom. The zero-order chi connectivity index (χ0) is 13.7. The molecule has 96 valence electrons. The minimum atomic E-state index is 0.163. The predicted molar refractivity (Wildman–Crippen MR) is 70.8 cm³/mol. The van der Waals surface area contributed by atoms with Gasteiger partial charge in [-0.2, -0.15) is 10.2 Å². The minimum absolute atomic E-state index is 0.163. The van der Waals surface area contributed by atoms with Crippen LogP contribution in [0.15, 0.2) is 30.3 Å². The number of hydrogen-bond donors (Lipinski definition) is 3. The van der Waals surface area contributed by atoms with Gasteiger partial charge in [0.25, 0.3) is 0 Å². The standard InChI is InChI=1S/C12H12N6O/c1-19-10-5-3-2-4-9(10)16-11-6-8(7-13)15-12(17-11)18-14/h2-6H,14H2,1H3,(H2,15,16,17,18). The molecule has 0 saturated carbocycles. The maximum atomic E-state index is 8.89. The number of benzene rings is 1. The van der Waals surface area contributed by atoms with Gasteiger partial charge in [0.2, 0.25) is 5.95 Å². The number of nitrogens with one attached hydrogen (secondary N) is 2. The SMILES string of the molecule is COc1ccccc1Nc1cc(C#N)nc(NN)n1. The molecule has 19 heavy (non-hydrogen) atoms. The molecule has 0 bridgehead atoms. The molecule has 0 radical (unpaired) electrons. The van der Waals surface area contributed by atoms with Gasteiger partial charge in [0.05, 0.1) is 12.8 Å². The first-order valence-corrected chi connectivity index (χ1v) is 5.42. The lowest BCUT2D eigenvalue weighted by Gasteiger charge is -2.10. The average molecular weight is 256 g/mol. The second kappa shape index (κ2) is 5.66. The summed E-state index contributed by atoms with van der Waals surface area (Å²) in [6, 6.07) is 10.8. The minimum Gasteiger partial charge on any atom is -0.495 e. The van der Waals surface area contributed by atoms with Crippen molar-refractivity contribution in [1.82, 2.24) is 9.97 Å². The molecular weight excluding hydrogens is 244 g/mol. The third-order valence-corrected chi connectivity index (χ3v) is 2.34. The van der Waals surface area contributed by atoms with E-state index in [0.717, 1.165) is 5.69 Å². The fraction of sp³-hybridized carbons (Fsp3) is 0.0833. The first-order chi connectivity index (χ1) is 9.26. The van der Waals surface area contributed by atoms with Crippen molar-refractivity contribution in [3.8, 4) is 11.8 Å². The van der Waals surface area contributed by atoms with Gasteiger partial charge in [0, 0.05) is 6.07 Å². The topological polar surface area (TPSA) is 109 Å². The van der Waals surface area contributed by atoms with E-state index < -0.39 is 0 Å². The second-order valence-electron chi connectivity index (χ2n) is 3.54. The first kappa shape index (κ1) is 12.6. The molecule has 0 unspecified atom stereocenters. The van der Waals surface area contributed by atoms with Crippen LogP contribution in [0.5, 0.6) is 5.75 Å². The van der Waals surface area contributed by atoms with Crippen molar-refractivity contribution < 1.29 is 4.74 Å². The molecule has 1 heterocycles.